The fourth-order valence-electron chi connectivity index (χ4n) is 3.44. The molecular weight excluding hydrogens is 332 g/mol. The first-order chi connectivity index (χ1) is 12.2. The summed E-state index contributed by atoms with van der Waals surface area (Å²) in [6.45, 7) is 1.81. The summed E-state index contributed by atoms with van der Waals surface area (Å²) < 4.78 is 2.94. The molecule has 1 aromatic carbocycles. The lowest BCUT2D eigenvalue weighted by Crippen LogP contribution is -2.37. The van der Waals surface area contributed by atoms with Crippen LogP contribution in [0.2, 0.25) is 0 Å². The van der Waals surface area contributed by atoms with Crippen LogP contribution in [0.3, 0.4) is 0 Å². The average Bonchev–Trinajstić information content (AvgIpc) is 3.25. The number of amides is 1. The van der Waals surface area contributed by atoms with E-state index in [0.29, 0.717) is 11.3 Å². The lowest BCUT2D eigenvalue weighted by molar-refractivity contribution is 0.0713. The van der Waals surface area contributed by atoms with Crippen molar-refractivity contribution in [3.63, 3.8) is 0 Å². The Kier molecular flexibility index (Phi) is 4.40. The van der Waals surface area contributed by atoms with Crippen LogP contribution in [0, 0.1) is 0 Å². The fourth-order valence-corrected chi connectivity index (χ4v) is 4.26. The van der Waals surface area contributed by atoms with Gasteiger partial charge in [-0.25, -0.2) is 0 Å². The molecule has 2 aromatic heterocycles. The molecule has 0 N–H and O–H groups in total. The first kappa shape index (κ1) is 16.1. The highest BCUT2D eigenvalue weighted by molar-refractivity contribution is 7.17. The van der Waals surface area contributed by atoms with E-state index in [1.807, 2.05) is 57.3 Å². The molecule has 1 aliphatic rings. The molecule has 0 unspecified atom stereocenters. The van der Waals surface area contributed by atoms with Crippen LogP contribution in [0.25, 0.3) is 10.2 Å². The first-order valence-corrected chi connectivity index (χ1v) is 9.56. The normalized spacial score (nSPS) is 14.8. The van der Waals surface area contributed by atoms with Crippen molar-refractivity contribution in [2.24, 2.45) is 0 Å². The molecule has 4 rings (SSSR count). The molecule has 0 aliphatic carbocycles. The third-order valence-corrected chi connectivity index (χ3v) is 5.64. The lowest BCUT2D eigenvalue weighted by Gasteiger charge is -2.27. The van der Waals surface area contributed by atoms with E-state index >= 15 is 0 Å². The number of ketones is 1. The molecule has 3 aromatic rings. The Morgan fingerprint density at radius 1 is 1.00 bits per heavy atom. The van der Waals surface area contributed by atoms with Gasteiger partial charge in [-0.2, -0.15) is 0 Å². The van der Waals surface area contributed by atoms with Gasteiger partial charge in [0, 0.05) is 18.7 Å². The van der Waals surface area contributed by atoms with Gasteiger partial charge < -0.3 is 9.47 Å². The number of likely N-dealkylation sites (tertiary alicyclic amines) is 1. The Labute approximate surface area is 150 Å². The number of fused-ring (bicyclic) bond motifs is 1. The van der Waals surface area contributed by atoms with Gasteiger partial charge in [-0.05, 0) is 36.8 Å². The number of aromatic nitrogens is 1. The van der Waals surface area contributed by atoms with Crippen LogP contribution in [0.15, 0.2) is 47.8 Å². The van der Waals surface area contributed by atoms with Crippen LogP contribution in [0.5, 0.6) is 0 Å². The minimum absolute atomic E-state index is 0.0250. The molecule has 1 fully saturated rings. The van der Waals surface area contributed by atoms with Gasteiger partial charge in [-0.15, -0.1) is 11.3 Å². The van der Waals surface area contributed by atoms with Gasteiger partial charge in [0.2, 0.25) is 0 Å². The molecule has 5 heteroatoms. The maximum absolute atomic E-state index is 13.0. The van der Waals surface area contributed by atoms with Gasteiger partial charge in [0.1, 0.15) is 5.69 Å². The number of rotatable bonds is 4. The molecule has 1 saturated heterocycles. The number of nitrogens with zero attached hydrogens (tertiary/aromatic N) is 2. The fraction of sp³-hybridized carbons (Fsp3) is 0.300. The minimum Gasteiger partial charge on any atom is -0.337 e. The predicted molar refractivity (Wildman–Crippen MR) is 100 cm³/mol. The van der Waals surface area contributed by atoms with Gasteiger partial charge >= 0.3 is 0 Å². The zero-order chi connectivity index (χ0) is 17.2. The highest BCUT2D eigenvalue weighted by Gasteiger charge is 2.24. The van der Waals surface area contributed by atoms with Crippen molar-refractivity contribution < 1.29 is 9.59 Å². The second-order valence-electron chi connectivity index (χ2n) is 6.43. The van der Waals surface area contributed by atoms with Crippen molar-refractivity contribution in [1.82, 2.24) is 9.47 Å². The maximum atomic E-state index is 13.0. The third-order valence-electron chi connectivity index (χ3n) is 4.78. The van der Waals surface area contributed by atoms with E-state index in [1.165, 1.54) is 6.42 Å². The topological polar surface area (TPSA) is 42.3 Å². The Morgan fingerprint density at radius 2 is 1.76 bits per heavy atom. The number of thiophene rings is 1. The van der Waals surface area contributed by atoms with Crippen LogP contribution >= 0.6 is 11.3 Å². The van der Waals surface area contributed by atoms with Crippen molar-refractivity contribution in [3.05, 3.63) is 59.1 Å². The second kappa shape index (κ2) is 6.84. The first-order valence-electron chi connectivity index (χ1n) is 8.68. The number of hydrogen-bond acceptors (Lipinski definition) is 3. The summed E-state index contributed by atoms with van der Waals surface area (Å²) >= 11 is 1.61. The van der Waals surface area contributed by atoms with E-state index in [-0.39, 0.29) is 18.2 Å². The van der Waals surface area contributed by atoms with Gasteiger partial charge in [-0.1, -0.05) is 30.3 Å². The van der Waals surface area contributed by atoms with Crippen molar-refractivity contribution in [1.29, 1.82) is 0 Å². The van der Waals surface area contributed by atoms with Crippen LogP contribution in [-0.4, -0.2) is 34.2 Å². The zero-order valence-corrected chi connectivity index (χ0v) is 14.8. The molecule has 0 bridgehead atoms. The molecule has 1 aliphatic heterocycles. The van der Waals surface area contributed by atoms with Crippen molar-refractivity contribution in [2.75, 3.05) is 13.1 Å². The molecule has 3 heterocycles. The van der Waals surface area contributed by atoms with Crippen LogP contribution in [0.1, 0.15) is 40.1 Å². The Hall–Kier alpha value is -2.40. The van der Waals surface area contributed by atoms with Crippen LogP contribution < -0.4 is 0 Å². The summed E-state index contributed by atoms with van der Waals surface area (Å²) in [6, 6.07) is 13.2. The monoisotopic (exact) mass is 352 g/mol. The highest BCUT2D eigenvalue weighted by Crippen LogP contribution is 2.27. The Bertz CT molecular complexity index is 904. The summed E-state index contributed by atoms with van der Waals surface area (Å²) in [5.74, 6) is 0.0703. The quantitative estimate of drug-likeness (QED) is 0.660. The molecule has 128 valence electrons. The summed E-state index contributed by atoms with van der Waals surface area (Å²) in [4.78, 5) is 27.6. The van der Waals surface area contributed by atoms with Gasteiger partial charge in [0.05, 0.1) is 16.8 Å². The number of Topliss-reactive ketones (excluding diaryl/α,β-unsaturated/α-hetero) is 1. The number of carbonyl (C=O) groups is 2. The third kappa shape index (κ3) is 3.12. The van der Waals surface area contributed by atoms with E-state index < -0.39 is 0 Å². The van der Waals surface area contributed by atoms with Crippen molar-refractivity contribution >= 4 is 33.2 Å². The summed E-state index contributed by atoms with van der Waals surface area (Å²) in [7, 11) is 0. The average molecular weight is 352 g/mol. The van der Waals surface area contributed by atoms with Gasteiger partial charge in [-0.3, -0.25) is 9.59 Å². The van der Waals surface area contributed by atoms with E-state index in [1.54, 1.807) is 11.3 Å². The molecule has 1 amide bonds. The molecule has 0 saturated carbocycles. The van der Waals surface area contributed by atoms with Crippen molar-refractivity contribution in [3.8, 4) is 0 Å². The molecule has 25 heavy (non-hydrogen) atoms. The Balaban J connectivity index is 1.68. The summed E-state index contributed by atoms with van der Waals surface area (Å²) in [5.41, 5.74) is 2.28. The largest absolute Gasteiger partial charge is 0.337 e. The Morgan fingerprint density at radius 3 is 2.52 bits per heavy atom. The molecule has 4 nitrogen and oxygen atoms in total. The van der Waals surface area contributed by atoms with Gasteiger partial charge in [0.25, 0.3) is 5.91 Å². The van der Waals surface area contributed by atoms with E-state index in [9.17, 15) is 9.59 Å². The van der Waals surface area contributed by atoms with E-state index in [0.717, 1.165) is 36.1 Å². The molecule has 0 radical (unpaired) electrons. The van der Waals surface area contributed by atoms with Crippen LogP contribution in [-0.2, 0) is 6.54 Å². The lowest BCUT2D eigenvalue weighted by atomic mass is 10.1. The minimum atomic E-state index is 0.0250. The number of hydrogen-bond donors (Lipinski definition) is 0. The molecule has 0 spiro atoms. The maximum Gasteiger partial charge on any atom is 0.270 e. The standard InChI is InChI=1S/C20H20N2O2S/c23-18(15-7-3-1-4-8-15)14-22-16-9-12-25-19(16)13-17(22)20(24)21-10-5-2-6-11-21/h1,3-4,7-9,12-13H,2,5-6,10-11,14H2. The van der Waals surface area contributed by atoms with E-state index in [4.69, 9.17) is 0 Å². The number of piperidine rings is 1. The number of carbonyl (C=O) groups excluding carboxylic acids is 2. The SMILES string of the molecule is O=C(Cn1c(C(=O)N2CCCCC2)cc2sccc21)c1ccccc1. The van der Waals surface area contributed by atoms with Crippen molar-refractivity contribution in [2.45, 2.75) is 25.8 Å². The molecule has 0 atom stereocenters. The smallest absolute Gasteiger partial charge is 0.270 e. The van der Waals surface area contributed by atoms with Gasteiger partial charge in [0.15, 0.2) is 5.78 Å². The number of benzene rings is 1. The predicted octanol–water partition coefficient (Wildman–Crippen LogP) is 4.21. The second-order valence-corrected chi connectivity index (χ2v) is 7.38. The van der Waals surface area contributed by atoms with Crippen LogP contribution in [0.4, 0.5) is 0 Å². The highest BCUT2D eigenvalue weighted by atomic mass is 32.1. The van der Waals surface area contributed by atoms with E-state index in [2.05, 4.69) is 0 Å². The zero-order valence-electron chi connectivity index (χ0n) is 14.0. The molecular formula is C20H20N2O2S. The summed E-state index contributed by atoms with van der Waals surface area (Å²) in [6.07, 6.45) is 3.31. The summed E-state index contributed by atoms with van der Waals surface area (Å²) in [5, 5.41) is 2.00.